The van der Waals surface area contributed by atoms with E-state index in [0.717, 1.165) is 11.4 Å². The lowest BCUT2D eigenvalue weighted by molar-refractivity contribution is 0.199. The molecule has 1 aromatic heterocycles. The van der Waals surface area contributed by atoms with Crippen LogP contribution in [-0.2, 0) is 0 Å². The molecule has 4 heteroatoms. The van der Waals surface area contributed by atoms with Gasteiger partial charge >= 0.3 is 0 Å². The van der Waals surface area contributed by atoms with Crippen molar-refractivity contribution in [3.63, 3.8) is 0 Å². The minimum absolute atomic E-state index is 0.380. The van der Waals surface area contributed by atoms with Gasteiger partial charge in [0.1, 0.15) is 11.5 Å². The van der Waals surface area contributed by atoms with Crippen LogP contribution in [0.25, 0.3) is 5.69 Å². The van der Waals surface area contributed by atoms with E-state index in [-0.39, 0.29) is 5.82 Å². The number of nitrogens with zero attached hydrogens (tertiary/aromatic N) is 2. The van der Waals surface area contributed by atoms with Gasteiger partial charge in [0.05, 0.1) is 11.8 Å². The van der Waals surface area contributed by atoms with Gasteiger partial charge in [0, 0.05) is 5.69 Å². The summed E-state index contributed by atoms with van der Waals surface area (Å²) in [7, 11) is 0. The predicted molar refractivity (Wildman–Crippen MR) is 63.6 cm³/mol. The van der Waals surface area contributed by atoms with Crippen LogP contribution in [0.4, 0.5) is 4.39 Å². The molecule has 0 saturated carbocycles. The van der Waals surface area contributed by atoms with Gasteiger partial charge < -0.3 is 5.11 Å². The Bertz CT molecular complexity index is 546. The molecule has 0 bridgehead atoms. The molecule has 90 valence electrons. The van der Waals surface area contributed by atoms with Gasteiger partial charge in [0.2, 0.25) is 0 Å². The summed E-state index contributed by atoms with van der Waals surface area (Å²) in [6.07, 6.45) is -0.668. The highest BCUT2D eigenvalue weighted by Gasteiger charge is 2.11. The SMILES string of the molecule is Cc1cc(C)n(-c2ccc([C@@H](C)O)cc2F)n1. The number of aromatic nitrogens is 2. The summed E-state index contributed by atoms with van der Waals surface area (Å²) in [5.41, 5.74) is 2.69. The minimum atomic E-state index is -0.668. The van der Waals surface area contributed by atoms with Crippen molar-refractivity contribution >= 4 is 0 Å². The van der Waals surface area contributed by atoms with Crippen LogP contribution in [0.15, 0.2) is 24.3 Å². The molecule has 3 nitrogen and oxygen atoms in total. The largest absolute Gasteiger partial charge is 0.389 e. The number of hydrogen-bond acceptors (Lipinski definition) is 2. The summed E-state index contributed by atoms with van der Waals surface area (Å²) in [5, 5.41) is 13.6. The van der Waals surface area contributed by atoms with E-state index in [1.165, 1.54) is 6.07 Å². The van der Waals surface area contributed by atoms with Crippen LogP contribution in [0.2, 0.25) is 0 Å². The molecule has 0 aliphatic heterocycles. The van der Waals surface area contributed by atoms with Crippen molar-refractivity contribution in [3.8, 4) is 5.69 Å². The van der Waals surface area contributed by atoms with E-state index in [9.17, 15) is 9.50 Å². The Morgan fingerprint density at radius 3 is 2.47 bits per heavy atom. The van der Waals surface area contributed by atoms with Crippen molar-refractivity contribution in [1.82, 2.24) is 9.78 Å². The molecule has 2 rings (SSSR count). The van der Waals surface area contributed by atoms with E-state index in [0.29, 0.717) is 11.3 Å². The molecule has 0 saturated heterocycles. The second-order valence-electron chi connectivity index (χ2n) is 4.23. The third kappa shape index (κ3) is 2.22. The lowest BCUT2D eigenvalue weighted by Gasteiger charge is -2.09. The lowest BCUT2D eigenvalue weighted by atomic mass is 10.1. The Morgan fingerprint density at radius 1 is 1.29 bits per heavy atom. The molecule has 0 spiro atoms. The zero-order valence-corrected chi connectivity index (χ0v) is 10.1. The van der Waals surface area contributed by atoms with Crippen LogP contribution in [0, 0.1) is 19.7 Å². The molecule has 17 heavy (non-hydrogen) atoms. The number of hydrogen-bond donors (Lipinski definition) is 1. The van der Waals surface area contributed by atoms with Crippen LogP contribution in [0.1, 0.15) is 30.0 Å². The maximum absolute atomic E-state index is 13.9. The smallest absolute Gasteiger partial charge is 0.149 e. The van der Waals surface area contributed by atoms with Crippen molar-refractivity contribution in [2.75, 3.05) is 0 Å². The van der Waals surface area contributed by atoms with Crippen molar-refractivity contribution in [2.45, 2.75) is 26.9 Å². The predicted octanol–water partition coefficient (Wildman–Crippen LogP) is 2.68. The first kappa shape index (κ1) is 11.8. The summed E-state index contributed by atoms with van der Waals surface area (Å²) in [6.45, 7) is 5.35. The maximum atomic E-state index is 13.9. The quantitative estimate of drug-likeness (QED) is 0.867. The molecule has 0 fully saturated rings. The molecule has 0 unspecified atom stereocenters. The fourth-order valence-electron chi connectivity index (χ4n) is 1.83. The van der Waals surface area contributed by atoms with Crippen LogP contribution >= 0.6 is 0 Å². The molecule has 2 aromatic rings. The van der Waals surface area contributed by atoms with Gasteiger partial charge in [0.15, 0.2) is 0 Å². The highest BCUT2D eigenvalue weighted by atomic mass is 19.1. The first-order valence-corrected chi connectivity index (χ1v) is 5.50. The first-order valence-electron chi connectivity index (χ1n) is 5.50. The fraction of sp³-hybridized carbons (Fsp3) is 0.308. The Balaban J connectivity index is 2.50. The maximum Gasteiger partial charge on any atom is 0.149 e. The van der Waals surface area contributed by atoms with Crippen LogP contribution in [0.3, 0.4) is 0 Å². The monoisotopic (exact) mass is 234 g/mol. The van der Waals surface area contributed by atoms with E-state index in [2.05, 4.69) is 5.10 Å². The standard InChI is InChI=1S/C13H15FN2O/c1-8-6-9(2)16(15-8)13-5-4-11(10(3)17)7-12(13)14/h4-7,10,17H,1-3H3/t10-/m1/s1. The van der Waals surface area contributed by atoms with Crippen LogP contribution in [0.5, 0.6) is 0 Å². The van der Waals surface area contributed by atoms with E-state index in [1.54, 1.807) is 23.7 Å². The van der Waals surface area contributed by atoms with E-state index in [4.69, 9.17) is 0 Å². The number of aryl methyl sites for hydroxylation is 2. The van der Waals surface area contributed by atoms with Crippen molar-refractivity contribution in [1.29, 1.82) is 0 Å². The molecule has 0 aliphatic rings. The Labute approximate surface area is 99.5 Å². The van der Waals surface area contributed by atoms with Crippen molar-refractivity contribution < 1.29 is 9.50 Å². The lowest BCUT2D eigenvalue weighted by Crippen LogP contribution is -2.03. The summed E-state index contributed by atoms with van der Waals surface area (Å²) < 4.78 is 15.5. The summed E-state index contributed by atoms with van der Waals surface area (Å²) >= 11 is 0. The highest BCUT2D eigenvalue weighted by Crippen LogP contribution is 2.20. The number of halogens is 1. The topological polar surface area (TPSA) is 38.0 Å². The van der Waals surface area contributed by atoms with Gasteiger partial charge in [-0.1, -0.05) is 6.07 Å². The second-order valence-corrected chi connectivity index (χ2v) is 4.23. The van der Waals surface area contributed by atoms with E-state index in [1.807, 2.05) is 19.9 Å². The summed E-state index contributed by atoms with van der Waals surface area (Å²) in [6, 6.07) is 6.58. The Hall–Kier alpha value is -1.68. The summed E-state index contributed by atoms with van der Waals surface area (Å²) in [5.74, 6) is -0.380. The third-order valence-corrected chi connectivity index (χ3v) is 2.69. The zero-order valence-electron chi connectivity index (χ0n) is 10.1. The van der Waals surface area contributed by atoms with Gasteiger partial charge in [-0.3, -0.25) is 0 Å². The van der Waals surface area contributed by atoms with Gasteiger partial charge in [-0.25, -0.2) is 9.07 Å². The molecular formula is C13H15FN2O. The second kappa shape index (κ2) is 4.30. The molecular weight excluding hydrogens is 219 g/mol. The van der Waals surface area contributed by atoms with Gasteiger partial charge in [-0.05, 0) is 44.5 Å². The van der Waals surface area contributed by atoms with Crippen LogP contribution < -0.4 is 0 Å². The van der Waals surface area contributed by atoms with Gasteiger partial charge in [0.25, 0.3) is 0 Å². The summed E-state index contributed by atoms with van der Waals surface area (Å²) in [4.78, 5) is 0. The minimum Gasteiger partial charge on any atom is -0.389 e. The fourth-order valence-corrected chi connectivity index (χ4v) is 1.83. The zero-order chi connectivity index (χ0) is 12.6. The number of benzene rings is 1. The van der Waals surface area contributed by atoms with Crippen molar-refractivity contribution in [3.05, 3.63) is 47.0 Å². The molecule has 1 aromatic carbocycles. The molecule has 0 amide bonds. The van der Waals surface area contributed by atoms with Gasteiger partial charge in [-0.2, -0.15) is 5.10 Å². The highest BCUT2D eigenvalue weighted by molar-refractivity contribution is 5.38. The Morgan fingerprint density at radius 2 is 2.00 bits per heavy atom. The third-order valence-electron chi connectivity index (χ3n) is 2.69. The molecule has 1 atom stereocenters. The van der Waals surface area contributed by atoms with Crippen LogP contribution in [-0.4, -0.2) is 14.9 Å². The molecule has 0 aliphatic carbocycles. The number of aliphatic hydroxyl groups excluding tert-OH is 1. The Kier molecular flexibility index (Phi) is 2.98. The molecule has 1 N–H and O–H groups in total. The van der Waals surface area contributed by atoms with E-state index < -0.39 is 6.10 Å². The first-order chi connectivity index (χ1) is 7.99. The average Bonchev–Trinajstić information content (AvgIpc) is 2.57. The number of aliphatic hydroxyl groups is 1. The van der Waals surface area contributed by atoms with Crippen molar-refractivity contribution in [2.24, 2.45) is 0 Å². The van der Waals surface area contributed by atoms with E-state index >= 15 is 0 Å². The number of rotatable bonds is 2. The normalized spacial score (nSPS) is 12.8. The average molecular weight is 234 g/mol. The van der Waals surface area contributed by atoms with Gasteiger partial charge in [-0.15, -0.1) is 0 Å². The molecule has 1 heterocycles. The molecule has 0 radical (unpaired) electrons.